The number of carbonyl (C=O) groups is 1. The normalized spacial score (nSPS) is 12.8. The van der Waals surface area contributed by atoms with Crippen LogP contribution in [0, 0.1) is 0 Å². The lowest BCUT2D eigenvalue weighted by Crippen LogP contribution is -2.36. The van der Waals surface area contributed by atoms with E-state index in [0.29, 0.717) is 0 Å². The number of benzene rings is 1. The van der Waals surface area contributed by atoms with Crippen LogP contribution in [0.2, 0.25) is 0 Å². The number of hydrogen-bond acceptors (Lipinski definition) is 2. The fourth-order valence-electron chi connectivity index (χ4n) is 1.99. The van der Waals surface area contributed by atoms with Crippen molar-refractivity contribution in [3.63, 3.8) is 0 Å². The van der Waals surface area contributed by atoms with Crippen molar-refractivity contribution in [2.75, 3.05) is 7.05 Å². The molecule has 2 heteroatoms. The molecule has 0 fully saturated rings. The Bertz CT molecular complexity index is 321. The van der Waals surface area contributed by atoms with Crippen molar-refractivity contribution in [3.05, 3.63) is 35.9 Å². The van der Waals surface area contributed by atoms with Crippen LogP contribution < -0.4 is 0 Å². The molecule has 0 aliphatic carbocycles. The molecule has 0 spiro atoms. The largest absolute Gasteiger partial charge is 0.298 e. The summed E-state index contributed by atoms with van der Waals surface area (Å²) in [5.74, 6) is 0.264. The van der Waals surface area contributed by atoms with Gasteiger partial charge in [-0.1, -0.05) is 43.7 Å². The maximum absolute atomic E-state index is 11.5. The van der Waals surface area contributed by atoms with Crippen LogP contribution in [0.3, 0.4) is 0 Å². The molecule has 0 bridgehead atoms. The first-order valence-electron chi connectivity index (χ1n) is 5.89. The van der Waals surface area contributed by atoms with E-state index >= 15 is 0 Å². The highest BCUT2D eigenvalue weighted by Crippen LogP contribution is 2.11. The molecule has 1 unspecified atom stereocenters. The van der Waals surface area contributed by atoms with Gasteiger partial charge >= 0.3 is 0 Å². The maximum Gasteiger partial charge on any atom is 0.146 e. The summed E-state index contributed by atoms with van der Waals surface area (Å²) in [6.45, 7) is 4.64. The highest BCUT2D eigenvalue weighted by Gasteiger charge is 2.18. The minimum atomic E-state index is 0.0604. The number of hydrogen-bond donors (Lipinski definition) is 0. The van der Waals surface area contributed by atoms with Crippen LogP contribution in [0.1, 0.15) is 32.3 Å². The second-order valence-electron chi connectivity index (χ2n) is 4.32. The van der Waals surface area contributed by atoms with Crippen molar-refractivity contribution in [2.24, 2.45) is 0 Å². The third-order valence-corrected chi connectivity index (χ3v) is 2.84. The van der Waals surface area contributed by atoms with E-state index in [1.807, 2.05) is 25.2 Å². The standard InChI is InChI=1S/C14H21NO/c1-4-8-14(12(2)16)15(3)11-13-9-6-5-7-10-13/h5-7,9-10,14H,4,8,11H2,1-3H3. The first-order valence-corrected chi connectivity index (χ1v) is 5.89. The highest BCUT2D eigenvalue weighted by atomic mass is 16.1. The number of rotatable bonds is 6. The predicted molar refractivity (Wildman–Crippen MR) is 67.3 cm³/mol. The van der Waals surface area contributed by atoms with Crippen molar-refractivity contribution >= 4 is 5.78 Å². The summed E-state index contributed by atoms with van der Waals surface area (Å²) in [7, 11) is 2.02. The number of nitrogens with zero attached hydrogens (tertiary/aromatic N) is 1. The molecule has 0 aliphatic heterocycles. The number of likely N-dealkylation sites (N-methyl/N-ethyl adjacent to an activating group) is 1. The Labute approximate surface area is 98.3 Å². The minimum absolute atomic E-state index is 0.0604. The molecular weight excluding hydrogens is 198 g/mol. The van der Waals surface area contributed by atoms with Gasteiger partial charge in [-0.05, 0) is 26.0 Å². The van der Waals surface area contributed by atoms with Gasteiger partial charge in [0.1, 0.15) is 5.78 Å². The van der Waals surface area contributed by atoms with E-state index in [9.17, 15) is 4.79 Å². The van der Waals surface area contributed by atoms with E-state index in [2.05, 4.69) is 24.0 Å². The molecule has 1 aromatic carbocycles. The molecule has 0 heterocycles. The number of Topliss-reactive ketones (excluding diaryl/α,β-unsaturated/α-hetero) is 1. The molecule has 0 saturated heterocycles. The molecule has 0 radical (unpaired) electrons. The van der Waals surface area contributed by atoms with Crippen LogP contribution in [-0.4, -0.2) is 23.8 Å². The predicted octanol–water partition coefficient (Wildman–Crippen LogP) is 2.88. The fourth-order valence-corrected chi connectivity index (χ4v) is 1.99. The first-order chi connectivity index (χ1) is 7.65. The second-order valence-corrected chi connectivity index (χ2v) is 4.32. The lowest BCUT2D eigenvalue weighted by molar-refractivity contribution is -0.122. The van der Waals surface area contributed by atoms with Crippen molar-refractivity contribution < 1.29 is 4.79 Å². The zero-order chi connectivity index (χ0) is 12.0. The summed E-state index contributed by atoms with van der Waals surface area (Å²) < 4.78 is 0. The van der Waals surface area contributed by atoms with Gasteiger partial charge in [-0.3, -0.25) is 9.69 Å². The fraction of sp³-hybridized carbons (Fsp3) is 0.500. The summed E-state index contributed by atoms with van der Waals surface area (Å²) in [5, 5.41) is 0. The highest BCUT2D eigenvalue weighted by molar-refractivity contribution is 5.81. The maximum atomic E-state index is 11.5. The number of ketones is 1. The van der Waals surface area contributed by atoms with Crippen LogP contribution in [0.4, 0.5) is 0 Å². The first kappa shape index (κ1) is 12.9. The lowest BCUT2D eigenvalue weighted by Gasteiger charge is -2.25. The van der Waals surface area contributed by atoms with Crippen molar-refractivity contribution in [2.45, 2.75) is 39.3 Å². The van der Waals surface area contributed by atoms with Crippen LogP contribution in [0.5, 0.6) is 0 Å². The quantitative estimate of drug-likeness (QED) is 0.733. The van der Waals surface area contributed by atoms with Gasteiger partial charge in [-0.25, -0.2) is 0 Å². The Morgan fingerprint density at radius 2 is 1.94 bits per heavy atom. The summed E-state index contributed by atoms with van der Waals surface area (Å²) >= 11 is 0. The van der Waals surface area contributed by atoms with Gasteiger partial charge in [-0.2, -0.15) is 0 Å². The average Bonchev–Trinajstić information content (AvgIpc) is 2.26. The molecule has 88 valence electrons. The van der Waals surface area contributed by atoms with Gasteiger partial charge in [0, 0.05) is 6.54 Å². The van der Waals surface area contributed by atoms with Gasteiger partial charge in [0.05, 0.1) is 6.04 Å². The van der Waals surface area contributed by atoms with Gasteiger partial charge in [0.25, 0.3) is 0 Å². The van der Waals surface area contributed by atoms with Crippen LogP contribution >= 0.6 is 0 Å². The molecule has 2 nitrogen and oxygen atoms in total. The third kappa shape index (κ3) is 3.78. The van der Waals surface area contributed by atoms with E-state index in [0.717, 1.165) is 19.4 Å². The Morgan fingerprint density at radius 3 is 2.44 bits per heavy atom. The third-order valence-electron chi connectivity index (χ3n) is 2.84. The van der Waals surface area contributed by atoms with Gasteiger partial charge in [0.15, 0.2) is 0 Å². The summed E-state index contributed by atoms with van der Waals surface area (Å²) in [5.41, 5.74) is 1.26. The lowest BCUT2D eigenvalue weighted by atomic mass is 10.1. The molecule has 0 amide bonds. The van der Waals surface area contributed by atoms with E-state index in [4.69, 9.17) is 0 Å². The van der Waals surface area contributed by atoms with E-state index < -0.39 is 0 Å². The van der Waals surface area contributed by atoms with Gasteiger partial charge in [-0.15, -0.1) is 0 Å². The van der Waals surface area contributed by atoms with Gasteiger partial charge < -0.3 is 0 Å². The smallest absolute Gasteiger partial charge is 0.146 e. The van der Waals surface area contributed by atoms with E-state index in [1.54, 1.807) is 6.92 Å². The van der Waals surface area contributed by atoms with Crippen LogP contribution in [-0.2, 0) is 11.3 Å². The molecule has 1 aromatic rings. The minimum Gasteiger partial charge on any atom is -0.298 e. The van der Waals surface area contributed by atoms with Crippen LogP contribution in [0.15, 0.2) is 30.3 Å². The zero-order valence-corrected chi connectivity index (χ0v) is 10.4. The Hall–Kier alpha value is -1.15. The summed E-state index contributed by atoms with van der Waals surface area (Å²) in [4.78, 5) is 13.7. The Morgan fingerprint density at radius 1 is 1.31 bits per heavy atom. The molecule has 1 rings (SSSR count). The van der Waals surface area contributed by atoms with Crippen molar-refractivity contribution in [3.8, 4) is 0 Å². The molecular formula is C14H21NO. The molecule has 0 aliphatic rings. The summed E-state index contributed by atoms with van der Waals surface area (Å²) in [6, 6.07) is 10.3. The van der Waals surface area contributed by atoms with Crippen molar-refractivity contribution in [1.82, 2.24) is 4.90 Å². The molecule has 16 heavy (non-hydrogen) atoms. The SMILES string of the molecule is CCCC(C(C)=O)N(C)Cc1ccccc1. The monoisotopic (exact) mass is 219 g/mol. The van der Waals surface area contributed by atoms with E-state index in [-0.39, 0.29) is 11.8 Å². The molecule has 0 saturated carbocycles. The molecule has 0 N–H and O–H groups in total. The Kier molecular flexibility index (Phi) is 5.20. The second kappa shape index (κ2) is 6.44. The Balaban J connectivity index is 2.62. The number of carbonyl (C=O) groups excluding carboxylic acids is 1. The average molecular weight is 219 g/mol. The van der Waals surface area contributed by atoms with E-state index in [1.165, 1.54) is 5.56 Å². The van der Waals surface area contributed by atoms with Gasteiger partial charge in [0.2, 0.25) is 0 Å². The topological polar surface area (TPSA) is 20.3 Å². The van der Waals surface area contributed by atoms with Crippen LogP contribution in [0.25, 0.3) is 0 Å². The summed E-state index contributed by atoms with van der Waals surface area (Å²) in [6.07, 6.45) is 1.99. The molecule has 0 aromatic heterocycles. The molecule has 1 atom stereocenters. The zero-order valence-electron chi connectivity index (χ0n) is 10.4. The van der Waals surface area contributed by atoms with Crippen molar-refractivity contribution in [1.29, 1.82) is 0 Å².